The van der Waals surface area contributed by atoms with Crippen LogP contribution >= 0.6 is 0 Å². The molecule has 2 aliphatic rings. The zero-order valence-corrected chi connectivity index (χ0v) is 20.6. The van der Waals surface area contributed by atoms with Crippen LogP contribution in [0.25, 0.3) is 0 Å². The van der Waals surface area contributed by atoms with Gasteiger partial charge in [0.15, 0.2) is 5.76 Å². The molecule has 0 radical (unpaired) electrons. The van der Waals surface area contributed by atoms with Crippen LogP contribution in [0.15, 0.2) is 36.1 Å². The third kappa shape index (κ3) is 8.31. The number of allylic oxidation sites excluding steroid dienone is 1. The molecule has 0 bridgehead atoms. The van der Waals surface area contributed by atoms with Gasteiger partial charge in [-0.15, -0.1) is 0 Å². The summed E-state index contributed by atoms with van der Waals surface area (Å²) < 4.78 is 27.7. The summed E-state index contributed by atoms with van der Waals surface area (Å²) in [5.41, 5.74) is 1.40. The highest BCUT2D eigenvalue weighted by Gasteiger charge is 2.38. The molecular formula is C26H37NO8. The summed E-state index contributed by atoms with van der Waals surface area (Å²) in [5, 5.41) is 11.8. The Balaban J connectivity index is 1.76. The minimum atomic E-state index is -0.619. The molecular weight excluding hydrogens is 454 g/mol. The lowest BCUT2D eigenvalue weighted by Gasteiger charge is -2.37. The number of carbonyl (C=O) groups excluding carboxylic acids is 2. The fraction of sp³-hybridized carbons (Fsp3) is 0.615. The number of hydrogen-bond donors (Lipinski definition) is 2. The molecule has 0 aromatic heterocycles. The molecule has 9 heteroatoms. The van der Waals surface area contributed by atoms with Crippen LogP contribution in [0.1, 0.15) is 48.0 Å². The summed E-state index contributed by atoms with van der Waals surface area (Å²) in [6.07, 6.45) is 4.14. The van der Waals surface area contributed by atoms with E-state index in [9.17, 15) is 9.59 Å². The number of benzene rings is 1. The average molecular weight is 492 g/mol. The van der Waals surface area contributed by atoms with Gasteiger partial charge in [-0.25, -0.2) is 4.79 Å². The molecule has 2 N–H and O–H groups in total. The zero-order chi connectivity index (χ0) is 25.0. The Morgan fingerprint density at radius 3 is 2.43 bits per heavy atom. The maximum Gasteiger partial charge on any atom is 0.337 e. The summed E-state index contributed by atoms with van der Waals surface area (Å²) in [4.78, 5) is 24.7. The highest BCUT2D eigenvalue weighted by Crippen LogP contribution is 2.39. The van der Waals surface area contributed by atoms with E-state index in [2.05, 4.69) is 5.32 Å². The number of amides is 1. The third-order valence-electron chi connectivity index (χ3n) is 6.11. The molecule has 1 aromatic rings. The number of methoxy groups -OCH3 is 1. The zero-order valence-electron chi connectivity index (χ0n) is 20.6. The second-order valence-electron chi connectivity index (χ2n) is 8.67. The lowest BCUT2D eigenvalue weighted by molar-refractivity contribution is -0.168. The molecule has 1 aliphatic carbocycles. The maximum atomic E-state index is 12.9. The Kier molecular flexibility index (Phi) is 11.0. The van der Waals surface area contributed by atoms with Gasteiger partial charge < -0.3 is 34.1 Å². The Morgan fingerprint density at radius 1 is 1.09 bits per heavy atom. The van der Waals surface area contributed by atoms with Crippen LogP contribution in [-0.2, 0) is 28.5 Å². The first-order valence-corrected chi connectivity index (χ1v) is 12.3. The number of hydrogen-bond acceptors (Lipinski definition) is 8. The van der Waals surface area contributed by atoms with Crippen molar-refractivity contribution < 1.29 is 38.4 Å². The SMILES string of the molecule is CCO[C@@H]1OC(C(=O)NCC2CC2)=C[C@H](c2ccc(C(=O)OC)cc2)[C@H]1CCOCCOCCO. The molecule has 0 unspecified atom stereocenters. The van der Waals surface area contributed by atoms with Gasteiger partial charge in [0.25, 0.3) is 5.91 Å². The first-order valence-electron chi connectivity index (χ1n) is 12.3. The molecule has 1 aromatic carbocycles. The van der Waals surface area contributed by atoms with Crippen molar-refractivity contribution in [2.45, 2.75) is 38.4 Å². The summed E-state index contributed by atoms with van der Waals surface area (Å²) in [6, 6.07) is 7.19. The first kappa shape index (κ1) is 27.1. The minimum absolute atomic E-state index is 0.0190. The summed E-state index contributed by atoms with van der Waals surface area (Å²) >= 11 is 0. The molecule has 1 saturated carbocycles. The highest BCUT2D eigenvalue weighted by molar-refractivity contribution is 5.92. The van der Waals surface area contributed by atoms with Gasteiger partial charge in [-0.05, 0) is 55.9 Å². The van der Waals surface area contributed by atoms with Crippen LogP contribution in [0.4, 0.5) is 0 Å². The molecule has 194 valence electrons. The molecule has 9 nitrogen and oxygen atoms in total. The largest absolute Gasteiger partial charge is 0.465 e. The summed E-state index contributed by atoms with van der Waals surface area (Å²) in [7, 11) is 1.35. The molecule has 3 atom stereocenters. The Morgan fingerprint density at radius 2 is 1.80 bits per heavy atom. The fourth-order valence-corrected chi connectivity index (χ4v) is 4.03. The Bertz CT molecular complexity index is 836. The molecule has 1 aliphatic heterocycles. The molecule has 0 saturated heterocycles. The number of aliphatic hydroxyl groups is 1. The predicted molar refractivity (Wildman–Crippen MR) is 128 cm³/mol. The van der Waals surface area contributed by atoms with E-state index in [1.54, 1.807) is 12.1 Å². The van der Waals surface area contributed by atoms with E-state index >= 15 is 0 Å². The average Bonchev–Trinajstić information content (AvgIpc) is 3.71. The minimum Gasteiger partial charge on any atom is -0.465 e. The van der Waals surface area contributed by atoms with Crippen molar-refractivity contribution in [1.29, 1.82) is 0 Å². The van der Waals surface area contributed by atoms with Crippen LogP contribution in [0.5, 0.6) is 0 Å². The third-order valence-corrected chi connectivity index (χ3v) is 6.11. The van der Waals surface area contributed by atoms with E-state index < -0.39 is 12.3 Å². The Labute approximate surface area is 206 Å². The molecule has 3 rings (SSSR count). The van der Waals surface area contributed by atoms with Crippen LogP contribution in [0, 0.1) is 11.8 Å². The van der Waals surface area contributed by atoms with E-state index in [1.165, 1.54) is 7.11 Å². The van der Waals surface area contributed by atoms with Crippen molar-refractivity contribution >= 4 is 11.9 Å². The predicted octanol–water partition coefficient (Wildman–Crippen LogP) is 2.39. The second-order valence-corrected chi connectivity index (χ2v) is 8.67. The molecule has 1 fully saturated rings. The molecule has 0 spiro atoms. The van der Waals surface area contributed by atoms with Crippen molar-refractivity contribution in [3.63, 3.8) is 0 Å². The monoisotopic (exact) mass is 491 g/mol. The topological polar surface area (TPSA) is 113 Å². The van der Waals surface area contributed by atoms with E-state index in [0.29, 0.717) is 50.9 Å². The highest BCUT2D eigenvalue weighted by atomic mass is 16.7. The van der Waals surface area contributed by atoms with Gasteiger partial charge in [-0.3, -0.25) is 4.79 Å². The van der Waals surface area contributed by atoms with Gasteiger partial charge in [-0.2, -0.15) is 0 Å². The summed E-state index contributed by atoms with van der Waals surface area (Å²) in [5.74, 6) is -0.132. The number of nitrogens with one attached hydrogen (secondary N) is 1. The van der Waals surface area contributed by atoms with Crippen LogP contribution < -0.4 is 5.32 Å². The standard InChI is InChI=1S/C26H37NO8/c1-3-34-26-21(10-12-32-14-15-33-13-11-28)22(19-6-8-20(9-7-19)25(30)31-2)16-23(35-26)24(29)27-17-18-4-5-18/h6-9,16,18,21-22,26,28H,3-5,10-15,17H2,1-2H3,(H,27,29)/t21-,22-,26-/m1/s1. The summed E-state index contributed by atoms with van der Waals surface area (Å²) in [6.45, 7) is 4.50. The first-order chi connectivity index (χ1) is 17.1. The fourth-order valence-electron chi connectivity index (χ4n) is 4.03. The van der Waals surface area contributed by atoms with Crippen molar-refractivity contribution in [2.24, 2.45) is 11.8 Å². The lowest BCUT2D eigenvalue weighted by atomic mass is 9.81. The van der Waals surface area contributed by atoms with Crippen LogP contribution in [-0.4, -0.2) is 76.6 Å². The normalized spacial score (nSPS) is 21.7. The van der Waals surface area contributed by atoms with Gasteiger partial charge >= 0.3 is 5.97 Å². The van der Waals surface area contributed by atoms with E-state index in [-0.39, 0.29) is 36.7 Å². The van der Waals surface area contributed by atoms with Crippen LogP contribution in [0.2, 0.25) is 0 Å². The van der Waals surface area contributed by atoms with E-state index in [4.69, 9.17) is 28.8 Å². The smallest absolute Gasteiger partial charge is 0.337 e. The van der Waals surface area contributed by atoms with Gasteiger partial charge in [0.05, 0.1) is 39.1 Å². The van der Waals surface area contributed by atoms with Gasteiger partial charge in [0.1, 0.15) is 0 Å². The van der Waals surface area contributed by atoms with Crippen LogP contribution in [0.3, 0.4) is 0 Å². The Hall–Kier alpha value is -2.46. The van der Waals surface area contributed by atoms with Gasteiger partial charge in [-0.1, -0.05) is 12.1 Å². The van der Waals surface area contributed by atoms with Crippen molar-refractivity contribution in [3.8, 4) is 0 Å². The second kappa shape index (κ2) is 14.2. The quantitative estimate of drug-likeness (QED) is 0.284. The number of ether oxygens (including phenoxy) is 5. The van der Waals surface area contributed by atoms with E-state index in [1.807, 2.05) is 25.1 Å². The number of rotatable bonds is 15. The van der Waals surface area contributed by atoms with Crippen molar-refractivity contribution in [3.05, 3.63) is 47.2 Å². The number of esters is 1. The number of carbonyl (C=O) groups is 2. The molecule has 35 heavy (non-hydrogen) atoms. The van der Waals surface area contributed by atoms with Crippen molar-refractivity contribution in [2.75, 3.05) is 53.3 Å². The van der Waals surface area contributed by atoms with Gasteiger partial charge in [0.2, 0.25) is 6.29 Å². The lowest BCUT2D eigenvalue weighted by Crippen LogP contribution is -2.39. The number of aliphatic hydroxyl groups excluding tert-OH is 1. The van der Waals surface area contributed by atoms with E-state index in [0.717, 1.165) is 18.4 Å². The maximum absolute atomic E-state index is 12.9. The van der Waals surface area contributed by atoms with Gasteiger partial charge in [0, 0.05) is 31.6 Å². The van der Waals surface area contributed by atoms with Crippen molar-refractivity contribution in [1.82, 2.24) is 5.32 Å². The molecule has 1 heterocycles. The molecule has 1 amide bonds.